The molecule has 0 saturated heterocycles. The Morgan fingerprint density at radius 2 is 1.65 bits per heavy atom. The minimum atomic E-state index is -4.33. The molecule has 2 nitrogen and oxygen atoms in total. The molecular formula is C20H15F3N2S. The Kier molecular flexibility index (Phi) is 3.88. The maximum Gasteiger partial charge on any atom is 0.416 e. The van der Waals surface area contributed by atoms with Crippen LogP contribution in [0.25, 0.3) is 31.9 Å². The predicted molar refractivity (Wildman–Crippen MR) is 99.3 cm³/mol. The molecule has 2 aromatic carbocycles. The number of nitrogens with zero attached hydrogens (tertiary/aromatic N) is 1. The zero-order valence-electron chi connectivity index (χ0n) is 14.1. The number of aryl methyl sites for hydroxylation is 2. The molecule has 2 aromatic heterocycles. The number of aromatic nitrogens is 2. The molecule has 0 atom stereocenters. The minimum Gasteiger partial charge on any atom is -0.361 e. The van der Waals surface area contributed by atoms with Crippen LogP contribution in [0.15, 0.2) is 48.7 Å². The molecule has 4 aromatic rings. The Bertz CT molecular complexity index is 1090. The van der Waals surface area contributed by atoms with Crippen molar-refractivity contribution in [1.82, 2.24) is 9.97 Å². The molecule has 0 amide bonds. The van der Waals surface area contributed by atoms with Gasteiger partial charge >= 0.3 is 6.18 Å². The van der Waals surface area contributed by atoms with Gasteiger partial charge in [-0.25, -0.2) is 4.98 Å². The topological polar surface area (TPSA) is 28.7 Å². The molecular weight excluding hydrogens is 357 g/mol. The number of nitrogens with one attached hydrogen (secondary N) is 1. The third kappa shape index (κ3) is 2.90. The van der Waals surface area contributed by atoms with Gasteiger partial charge in [0.15, 0.2) is 0 Å². The normalized spacial score (nSPS) is 12.0. The summed E-state index contributed by atoms with van der Waals surface area (Å²) in [5.41, 5.74) is 4.21. The SMILES string of the molecule is Cc1nc(-c2ccc(C(F)(F)F)cc2)sc1-c1ccc2c(C)c[nH]c2c1. The maximum atomic E-state index is 12.7. The van der Waals surface area contributed by atoms with E-state index in [-0.39, 0.29) is 0 Å². The van der Waals surface area contributed by atoms with Gasteiger partial charge in [0.2, 0.25) is 0 Å². The van der Waals surface area contributed by atoms with Crippen molar-refractivity contribution >= 4 is 22.2 Å². The molecule has 0 radical (unpaired) electrons. The van der Waals surface area contributed by atoms with Gasteiger partial charge in [-0.2, -0.15) is 13.2 Å². The molecule has 0 aliphatic heterocycles. The van der Waals surface area contributed by atoms with Crippen LogP contribution in [0.5, 0.6) is 0 Å². The average Bonchev–Trinajstić information content (AvgIpc) is 3.17. The fourth-order valence-electron chi connectivity index (χ4n) is 3.00. The van der Waals surface area contributed by atoms with E-state index in [1.54, 1.807) is 0 Å². The predicted octanol–water partition coefficient (Wildman–Crippen LogP) is 6.59. The van der Waals surface area contributed by atoms with Crippen molar-refractivity contribution in [3.63, 3.8) is 0 Å². The molecule has 4 rings (SSSR count). The lowest BCUT2D eigenvalue weighted by molar-refractivity contribution is -0.137. The lowest BCUT2D eigenvalue weighted by Crippen LogP contribution is -2.03. The lowest BCUT2D eigenvalue weighted by Gasteiger charge is -2.06. The molecule has 0 spiro atoms. The number of hydrogen-bond donors (Lipinski definition) is 1. The summed E-state index contributed by atoms with van der Waals surface area (Å²) in [5.74, 6) is 0. The van der Waals surface area contributed by atoms with Crippen molar-refractivity contribution in [2.75, 3.05) is 0 Å². The summed E-state index contributed by atoms with van der Waals surface area (Å²) in [6.45, 7) is 3.97. The van der Waals surface area contributed by atoms with Gasteiger partial charge in [0.05, 0.1) is 16.1 Å². The van der Waals surface area contributed by atoms with Crippen LogP contribution in [0, 0.1) is 13.8 Å². The summed E-state index contributed by atoms with van der Waals surface area (Å²) in [5, 5.41) is 1.90. The molecule has 2 heterocycles. The fourth-order valence-corrected chi connectivity index (χ4v) is 4.07. The number of hydrogen-bond acceptors (Lipinski definition) is 2. The largest absolute Gasteiger partial charge is 0.416 e. The second kappa shape index (κ2) is 5.99. The average molecular weight is 372 g/mol. The summed E-state index contributed by atoms with van der Waals surface area (Å²) < 4.78 is 38.2. The second-order valence-corrected chi connectivity index (χ2v) is 7.24. The van der Waals surface area contributed by atoms with Gasteiger partial charge < -0.3 is 4.98 Å². The van der Waals surface area contributed by atoms with E-state index in [2.05, 4.69) is 35.1 Å². The molecule has 0 bridgehead atoms. The number of alkyl halides is 3. The van der Waals surface area contributed by atoms with Crippen LogP contribution >= 0.6 is 11.3 Å². The van der Waals surface area contributed by atoms with E-state index >= 15 is 0 Å². The summed E-state index contributed by atoms with van der Waals surface area (Å²) in [4.78, 5) is 8.84. The summed E-state index contributed by atoms with van der Waals surface area (Å²) >= 11 is 1.49. The molecule has 132 valence electrons. The van der Waals surface area contributed by atoms with Gasteiger partial charge in [-0.15, -0.1) is 11.3 Å². The van der Waals surface area contributed by atoms with E-state index in [0.29, 0.717) is 10.6 Å². The number of aromatic amines is 1. The van der Waals surface area contributed by atoms with E-state index in [0.717, 1.165) is 33.8 Å². The van der Waals surface area contributed by atoms with Crippen molar-refractivity contribution in [3.05, 3.63) is 65.5 Å². The van der Waals surface area contributed by atoms with Crippen LogP contribution in [0.3, 0.4) is 0 Å². The van der Waals surface area contributed by atoms with E-state index in [1.165, 1.54) is 34.4 Å². The van der Waals surface area contributed by atoms with Crippen molar-refractivity contribution < 1.29 is 13.2 Å². The number of benzene rings is 2. The van der Waals surface area contributed by atoms with Gasteiger partial charge in [0.25, 0.3) is 0 Å². The highest BCUT2D eigenvalue weighted by molar-refractivity contribution is 7.18. The Morgan fingerprint density at radius 1 is 0.962 bits per heavy atom. The van der Waals surface area contributed by atoms with E-state index in [4.69, 9.17) is 0 Å². The number of halogens is 3. The van der Waals surface area contributed by atoms with Crippen LogP contribution in [0.4, 0.5) is 13.2 Å². The lowest BCUT2D eigenvalue weighted by atomic mass is 10.1. The van der Waals surface area contributed by atoms with E-state index in [9.17, 15) is 13.2 Å². The number of fused-ring (bicyclic) bond motifs is 1. The van der Waals surface area contributed by atoms with Gasteiger partial charge in [-0.1, -0.05) is 24.3 Å². The molecule has 0 saturated carbocycles. The van der Waals surface area contributed by atoms with Crippen molar-refractivity contribution in [3.8, 4) is 21.0 Å². The quantitative estimate of drug-likeness (QED) is 0.422. The summed E-state index contributed by atoms with van der Waals surface area (Å²) in [7, 11) is 0. The van der Waals surface area contributed by atoms with Crippen molar-refractivity contribution in [2.24, 2.45) is 0 Å². The first-order valence-corrected chi connectivity index (χ1v) is 8.88. The number of H-pyrrole nitrogens is 1. The van der Waals surface area contributed by atoms with Crippen LogP contribution in [0.2, 0.25) is 0 Å². The van der Waals surface area contributed by atoms with Gasteiger partial charge in [-0.3, -0.25) is 0 Å². The standard InChI is InChI=1S/C20H15F3N2S/c1-11-10-24-17-9-14(5-8-16(11)17)18-12(2)25-19(26-18)13-3-6-15(7-4-13)20(21,22)23/h3-10,24H,1-2H3. The van der Waals surface area contributed by atoms with Gasteiger partial charge in [-0.05, 0) is 43.2 Å². The molecule has 0 aliphatic rings. The highest BCUT2D eigenvalue weighted by Gasteiger charge is 2.30. The smallest absolute Gasteiger partial charge is 0.361 e. The van der Waals surface area contributed by atoms with Crippen molar-refractivity contribution in [1.29, 1.82) is 0 Å². The number of thiazole rings is 1. The van der Waals surface area contributed by atoms with Crippen LogP contribution in [-0.4, -0.2) is 9.97 Å². The third-order valence-electron chi connectivity index (χ3n) is 4.41. The summed E-state index contributed by atoms with van der Waals surface area (Å²) in [6.07, 6.45) is -2.35. The first-order valence-electron chi connectivity index (χ1n) is 8.06. The highest BCUT2D eigenvalue weighted by atomic mass is 32.1. The van der Waals surface area contributed by atoms with E-state index in [1.807, 2.05) is 13.1 Å². The Labute approximate surface area is 152 Å². The van der Waals surface area contributed by atoms with Gasteiger partial charge in [0, 0.05) is 22.7 Å². The molecule has 0 unspecified atom stereocenters. The van der Waals surface area contributed by atoms with Crippen LogP contribution in [0.1, 0.15) is 16.8 Å². The Balaban J connectivity index is 1.72. The minimum absolute atomic E-state index is 0.651. The van der Waals surface area contributed by atoms with Crippen LogP contribution < -0.4 is 0 Å². The Hall–Kier alpha value is -2.60. The summed E-state index contributed by atoms with van der Waals surface area (Å²) in [6, 6.07) is 11.4. The van der Waals surface area contributed by atoms with Crippen molar-refractivity contribution in [2.45, 2.75) is 20.0 Å². The maximum absolute atomic E-state index is 12.7. The first-order chi connectivity index (χ1) is 12.3. The molecule has 26 heavy (non-hydrogen) atoms. The van der Waals surface area contributed by atoms with Gasteiger partial charge in [0.1, 0.15) is 5.01 Å². The molecule has 6 heteroatoms. The Morgan fingerprint density at radius 3 is 2.35 bits per heavy atom. The first kappa shape index (κ1) is 16.8. The second-order valence-electron chi connectivity index (χ2n) is 6.24. The zero-order chi connectivity index (χ0) is 18.5. The molecule has 1 N–H and O–H groups in total. The van der Waals surface area contributed by atoms with E-state index < -0.39 is 11.7 Å². The van der Waals surface area contributed by atoms with Crippen LogP contribution in [-0.2, 0) is 6.18 Å². The highest BCUT2D eigenvalue weighted by Crippen LogP contribution is 2.37. The zero-order valence-corrected chi connectivity index (χ0v) is 14.9. The monoisotopic (exact) mass is 372 g/mol. The molecule has 0 fully saturated rings. The number of rotatable bonds is 2. The fraction of sp³-hybridized carbons (Fsp3) is 0.150. The third-order valence-corrected chi connectivity index (χ3v) is 5.66. The molecule has 0 aliphatic carbocycles.